The predicted octanol–water partition coefficient (Wildman–Crippen LogP) is 4.43. The first-order valence-electron chi connectivity index (χ1n) is 10.5. The summed E-state index contributed by atoms with van der Waals surface area (Å²) in [4.78, 5) is 12.4. The van der Waals surface area contributed by atoms with Crippen molar-refractivity contribution in [3.63, 3.8) is 0 Å². The molecule has 2 aromatic heterocycles. The van der Waals surface area contributed by atoms with E-state index >= 15 is 0 Å². The fourth-order valence-corrected chi connectivity index (χ4v) is 3.88. The number of rotatable bonds is 8. The van der Waals surface area contributed by atoms with Crippen LogP contribution in [0.3, 0.4) is 0 Å². The number of nitrogens with one attached hydrogen (secondary N) is 2. The number of aromatic amines is 1. The molecule has 4 aromatic rings. The third-order valence-corrected chi connectivity index (χ3v) is 6.27. The van der Waals surface area contributed by atoms with E-state index in [9.17, 15) is 9.18 Å². The Morgan fingerprint density at radius 2 is 1.91 bits per heavy atom. The van der Waals surface area contributed by atoms with E-state index in [1.165, 1.54) is 34.1 Å². The summed E-state index contributed by atoms with van der Waals surface area (Å²) in [7, 11) is 0. The van der Waals surface area contributed by atoms with E-state index in [4.69, 9.17) is 5.84 Å². The first-order chi connectivity index (χ1) is 15.9. The Morgan fingerprint density at radius 1 is 1.18 bits per heavy atom. The summed E-state index contributed by atoms with van der Waals surface area (Å²) in [5, 5.41) is 18.6. The van der Waals surface area contributed by atoms with Gasteiger partial charge in [0.15, 0.2) is 0 Å². The summed E-state index contributed by atoms with van der Waals surface area (Å²) in [6.07, 6.45) is 1.07. The van der Waals surface area contributed by atoms with E-state index in [0.717, 1.165) is 17.7 Å². The highest BCUT2D eigenvalue weighted by Crippen LogP contribution is 2.25. The second-order valence-corrected chi connectivity index (χ2v) is 8.56. The average molecular weight is 466 g/mol. The topological polar surface area (TPSA) is 115 Å². The number of hydrogen-bond donors (Lipinski definition) is 3. The Balaban J connectivity index is 1.37. The number of nitrogen functional groups attached to an aromatic ring is 1. The molecule has 2 aromatic carbocycles. The van der Waals surface area contributed by atoms with Gasteiger partial charge in [-0.15, -0.1) is 10.2 Å². The fourth-order valence-electron chi connectivity index (χ4n) is 3.22. The molecule has 0 radical (unpaired) electrons. The fraction of sp³-hybridized carbons (Fsp3) is 0.217. The van der Waals surface area contributed by atoms with Crippen molar-refractivity contribution in [1.29, 1.82) is 0 Å². The van der Waals surface area contributed by atoms with Crippen LogP contribution in [0.15, 0.2) is 59.8 Å². The van der Waals surface area contributed by atoms with Crippen LogP contribution in [-0.4, -0.2) is 36.7 Å². The minimum absolute atomic E-state index is 0.131. The molecule has 2 heterocycles. The molecule has 0 fully saturated rings. The Labute approximate surface area is 194 Å². The third kappa shape index (κ3) is 5.23. The number of anilines is 1. The van der Waals surface area contributed by atoms with Crippen LogP contribution in [0.2, 0.25) is 0 Å². The predicted molar refractivity (Wildman–Crippen MR) is 128 cm³/mol. The largest absolute Gasteiger partial charge is 0.335 e. The smallest absolute Gasteiger partial charge is 0.234 e. The van der Waals surface area contributed by atoms with Crippen LogP contribution in [-0.2, 0) is 4.79 Å². The van der Waals surface area contributed by atoms with Crippen LogP contribution in [0.25, 0.3) is 22.8 Å². The van der Waals surface area contributed by atoms with Gasteiger partial charge in [0.25, 0.3) is 0 Å². The van der Waals surface area contributed by atoms with Gasteiger partial charge in [-0.25, -0.2) is 9.07 Å². The highest BCUT2D eigenvalue weighted by atomic mass is 32.2. The van der Waals surface area contributed by atoms with Crippen LogP contribution in [0.5, 0.6) is 0 Å². The number of H-pyrrole nitrogens is 1. The van der Waals surface area contributed by atoms with E-state index in [2.05, 4.69) is 39.6 Å². The summed E-state index contributed by atoms with van der Waals surface area (Å²) >= 11 is 1.18. The Kier molecular flexibility index (Phi) is 6.74. The number of nitrogens with zero attached hydrogens (tertiary/aromatic N) is 4. The van der Waals surface area contributed by atoms with E-state index in [0.29, 0.717) is 28.3 Å². The van der Waals surface area contributed by atoms with Gasteiger partial charge in [0.1, 0.15) is 11.5 Å². The lowest BCUT2D eigenvalue weighted by Crippen LogP contribution is -2.16. The second-order valence-electron chi connectivity index (χ2n) is 7.62. The quantitative estimate of drug-likeness (QED) is 0.262. The summed E-state index contributed by atoms with van der Waals surface area (Å²) in [6.45, 7) is 4.32. The maximum Gasteiger partial charge on any atom is 0.234 e. The molecule has 0 bridgehead atoms. The average Bonchev–Trinajstić information content (AvgIpc) is 3.45. The molecule has 4 N–H and O–H groups in total. The zero-order valence-electron chi connectivity index (χ0n) is 18.2. The molecule has 4 rings (SSSR count). The number of aromatic nitrogens is 5. The van der Waals surface area contributed by atoms with Gasteiger partial charge in [-0.2, -0.15) is 5.10 Å². The lowest BCUT2D eigenvalue weighted by molar-refractivity contribution is -0.113. The van der Waals surface area contributed by atoms with E-state index in [-0.39, 0.29) is 17.5 Å². The molecule has 1 atom stereocenters. The zero-order valence-corrected chi connectivity index (χ0v) is 19.1. The number of carbonyl (C=O) groups is 1. The van der Waals surface area contributed by atoms with Crippen molar-refractivity contribution < 1.29 is 9.18 Å². The maximum atomic E-state index is 13.1. The highest BCUT2D eigenvalue weighted by Gasteiger charge is 2.16. The number of thioether (sulfide) groups is 1. The molecule has 33 heavy (non-hydrogen) atoms. The Morgan fingerprint density at radius 3 is 2.61 bits per heavy atom. The molecule has 0 saturated heterocycles. The molecule has 10 heteroatoms. The molecular formula is C23H24FN7OS. The molecule has 0 aliphatic carbocycles. The number of benzene rings is 2. The molecular weight excluding hydrogens is 441 g/mol. The number of halogens is 1. The maximum absolute atomic E-state index is 13.1. The summed E-state index contributed by atoms with van der Waals surface area (Å²) in [5.41, 5.74) is 3.93. The van der Waals surface area contributed by atoms with Gasteiger partial charge in [0, 0.05) is 11.3 Å². The number of nitrogens with two attached hydrogens (primary N) is 1. The van der Waals surface area contributed by atoms with Crippen LogP contribution < -0.4 is 11.2 Å². The van der Waals surface area contributed by atoms with Crippen LogP contribution >= 0.6 is 11.8 Å². The summed E-state index contributed by atoms with van der Waals surface area (Å²) < 4.78 is 14.4. The zero-order chi connectivity index (χ0) is 23.4. The van der Waals surface area contributed by atoms with E-state index < -0.39 is 0 Å². The standard InChI is InChI=1S/C23H24FN7OS/c1-3-14(2)15-6-10-18(11-7-15)26-21(32)13-33-23-30-29-22(31(23)25)20-12-19(27-28-20)16-4-8-17(24)9-5-16/h4-12,14H,3,13,25H2,1-2H3,(H,26,32)(H,27,28)/t14-/m1/s1. The van der Waals surface area contributed by atoms with Crippen LogP contribution in [0.1, 0.15) is 31.7 Å². The van der Waals surface area contributed by atoms with E-state index in [1.807, 2.05) is 24.3 Å². The van der Waals surface area contributed by atoms with Crippen molar-refractivity contribution in [3.8, 4) is 22.8 Å². The number of carbonyl (C=O) groups excluding carboxylic acids is 1. The normalized spacial score (nSPS) is 12.0. The molecule has 0 spiro atoms. The van der Waals surface area contributed by atoms with Crippen molar-refractivity contribution in [3.05, 3.63) is 66.0 Å². The van der Waals surface area contributed by atoms with Gasteiger partial charge < -0.3 is 11.2 Å². The van der Waals surface area contributed by atoms with Gasteiger partial charge in [-0.05, 0) is 60.4 Å². The molecule has 0 aliphatic rings. The Hall–Kier alpha value is -3.66. The summed E-state index contributed by atoms with van der Waals surface area (Å²) in [5.74, 6) is 6.65. The van der Waals surface area contributed by atoms with Gasteiger partial charge >= 0.3 is 0 Å². The molecule has 0 unspecified atom stereocenters. The third-order valence-electron chi connectivity index (χ3n) is 5.33. The minimum atomic E-state index is -0.315. The van der Waals surface area contributed by atoms with Crippen molar-refractivity contribution in [2.75, 3.05) is 16.9 Å². The first kappa shape index (κ1) is 22.5. The SMILES string of the molecule is CC[C@@H](C)c1ccc(NC(=O)CSc2nnc(-c3cc(-c4ccc(F)cc4)n[nH]3)n2N)cc1. The lowest BCUT2D eigenvalue weighted by atomic mass is 9.99. The number of amides is 1. The molecule has 8 nitrogen and oxygen atoms in total. The Bertz CT molecular complexity index is 1230. The van der Waals surface area contributed by atoms with Gasteiger partial charge in [0.05, 0.1) is 11.4 Å². The van der Waals surface area contributed by atoms with Crippen LogP contribution in [0.4, 0.5) is 10.1 Å². The second kappa shape index (κ2) is 9.86. The highest BCUT2D eigenvalue weighted by molar-refractivity contribution is 7.99. The van der Waals surface area contributed by atoms with Gasteiger partial charge in [0.2, 0.25) is 16.9 Å². The monoisotopic (exact) mass is 465 g/mol. The summed E-state index contributed by atoms with van der Waals surface area (Å²) in [6, 6.07) is 15.7. The van der Waals surface area contributed by atoms with Crippen molar-refractivity contribution in [1.82, 2.24) is 25.1 Å². The minimum Gasteiger partial charge on any atom is -0.335 e. The van der Waals surface area contributed by atoms with Gasteiger partial charge in [-0.3, -0.25) is 9.89 Å². The van der Waals surface area contributed by atoms with Crippen molar-refractivity contribution >= 4 is 23.4 Å². The van der Waals surface area contributed by atoms with Gasteiger partial charge in [-0.1, -0.05) is 37.7 Å². The first-order valence-corrected chi connectivity index (χ1v) is 11.5. The molecule has 0 saturated carbocycles. The van der Waals surface area contributed by atoms with Crippen LogP contribution in [0, 0.1) is 5.82 Å². The number of hydrogen-bond acceptors (Lipinski definition) is 6. The molecule has 170 valence electrons. The van der Waals surface area contributed by atoms with E-state index in [1.54, 1.807) is 18.2 Å². The lowest BCUT2D eigenvalue weighted by Gasteiger charge is -2.10. The van der Waals surface area contributed by atoms with Crippen molar-refractivity contribution in [2.24, 2.45) is 0 Å². The molecule has 0 aliphatic heterocycles. The van der Waals surface area contributed by atoms with Crippen molar-refractivity contribution in [2.45, 2.75) is 31.3 Å². The molecule has 1 amide bonds.